The van der Waals surface area contributed by atoms with Gasteiger partial charge in [0.2, 0.25) is 0 Å². The molecule has 1 aromatic heterocycles. The summed E-state index contributed by atoms with van der Waals surface area (Å²) in [5.74, 6) is 0.382. The van der Waals surface area contributed by atoms with Crippen molar-refractivity contribution in [1.82, 2.24) is 4.98 Å². The Balaban J connectivity index is 2.21. The Morgan fingerprint density at radius 2 is 1.80 bits per heavy atom. The van der Waals surface area contributed by atoms with Gasteiger partial charge in [0.1, 0.15) is 11.2 Å². The number of hydrogen-bond donors (Lipinski definition) is 0. The van der Waals surface area contributed by atoms with Gasteiger partial charge in [-0.2, -0.15) is 8.42 Å². The molecular formula is C14H13N3O2S. The third kappa shape index (κ3) is 2.08. The van der Waals surface area contributed by atoms with E-state index in [1.165, 1.54) is 12.4 Å². The molecule has 0 radical (unpaired) electrons. The predicted molar refractivity (Wildman–Crippen MR) is 78.0 cm³/mol. The Labute approximate surface area is 117 Å². The van der Waals surface area contributed by atoms with Gasteiger partial charge in [-0.15, -0.1) is 4.40 Å². The molecule has 0 amide bonds. The van der Waals surface area contributed by atoms with Crippen molar-refractivity contribution in [2.75, 3.05) is 4.90 Å². The van der Waals surface area contributed by atoms with Crippen LogP contribution in [-0.4, -0.2) is 19.7 Å². The van der Waals surface area contributed by atoms with Crippen LogP contribution >= 0.6 is 0 Å². The molecule has 0 spiro atoms. The molecule has 0 N–H and O–H groups in total. The monoisotopic (exact) mass is 287 g/mol. The molecule has 0 fully saturated rings. The van der Waals surface area contributed by atoms with Gasteiger partial charge < -0.3 is 0 Å². The van der Waals surface area contributed by atoms with Gasteiger partial charge in [-0.25, -0.2) is 4.98 Å². The van der Waals surface area contributed by atoms with Crippen LogP contribution in [0.15, 0.2) is 45.8 Å². The molecule has 0 atom stereocenters. The maximum atomic E-state index is 11.9. The van der Waals surface area contributed by atoms with Crippen molar-refractivity contribution in [3.63, 3.8) is 0 Å². The zero-order valence-electron chi connectivity index (χ0n) is 11.1. The second kappa shape index (κ2) is 4.42. The number of anilines is 2. The van der Waals surface area contributed by atoms with Gasteiger partial charge in [0, 0.05) is 11.9 Å². The van der Waals surface area contributed by atoms with E-state index in [2.05, 4.69) is 15.4 Å². The molecule has 1 aromatic carbocycles. The second-order valence-electron chi connectivity index (χ2n) is 4.74. The lowest BCUT2D eigenvalue weighted by molar-refractivity contribution is 0.597. The van der Waals surface area contributed by atoms with E-state index in [4.69, 9.17) is 0 Å². The first kappa shape index (κ1) is 12.8. The molecule has 20 heavy (non-hydrogen) atoms. The number of benzene rings is 1. The minimum atomic E-state index is -3.64. The lowest BCUT2D eigenvalue weighted by Crippen LogP contribution is -2.23. The Bertz CT molecular complexity index is 793. The zero-order valence-corrected chi connectivity index (χ0v) is 11.9. The molecule has 1 aliphatic rings. The SMILES string of the molecule is Cc1cc(C)cc(N2C=NS(=O)(=O)c3cccnc32)c1. The maximum Gasteiger partial charge on any atom is 0.287 e. The normalized spacial score (nSPS) is 16.0. The molecule has 2 heterocycles. The zero-order chi connectivity index (χ0) is 14.3. The van der Waals surface area contributed by atoms with Crippen molar-refractivity contribution in [2.24, 2.45) is 4.40 Å². The van der Waals surface area contributed by atoms with Crippen LogP contribution in [0, 0.1) is 13.8 Å². The largest absolute Gasteiger partial charge is 0.287 e. The fraction of sp³-hybridized carbons (Fsp3) is 0.143. The van der Waals surface area contributed by atoms with Gasteiger partial charge in [0.15, 0.2) is 5.82 Å². The molecule has 3 rings (SSSR count). The number of pyridine rings is 1. The minimum Gasteiger partial charge on any atom is -0.283 e. The van der Waals surface area contributed by atoms with Gasteiger partial charge in [-0.05, 0) is 49.2 Å². The third-order valence-corrected chi connectivity index (χ3v) is 4.29. The summed E-state index contributed by atoms with van der Waals surface area (Å²) in [6.07, 6.45) is 2.88. The molecule has 0 aliphatic carbocycles. The standard InChI is InChI=1S/C14H13N3O2S/c1-10-6-11(2)8-12(7-10)17-9-16-20(18,19)13-4-3-5-15-14(13)17/h3-9H,1-2H3. The van der Waals surface area contributed by atoms with E-state index in [-0.39, 0.29) is 4.90 Å². The van der Waals surface area contributed by atoms with Gasteiger partial charge in [0.05, 0.1) is 0 Å². The minimum absolute atomic E-state index is 0.127. The first-order chi connectivity index (χ1) is 9.47. The van der Waals surface area contributed by atoms with Gasteiger partial charge in [0.25, 0.3) is 10.0 Å². The molecule has 0 unspecified atom stereocenters. The van der Waals surface area contributed by atoms with E-state index in [1.807, 2.05) is 26.0 Å². The molecule has 102 valence electrons. The molecule has 0 saturated carbocycles. The molecular weight excluding hydrogens is 274 g/mol. The summed E-state index contributed by atoms with van der Waals surface area (Å²) >= 11 is 0. The molecule has 0 saturated heterocycles. The number of aromatic nitrogens is 1. The predicted octanol–water partition coefficient (Wildman–Crippen LogP) is 2.57. The number of aryl methyl sites for hydroxylation is 2. The van der Waals surface area contributed by atoms with Crippen molar-refractivity contribution in [1.29, 1.82) is 0 Å². The summed E-state index contributed by atoms with van der Waals surface area (Å²) in [7, 11) is -3.64. The lowest BCUT2D eigenvalue weighted by Gasteiger charge is -2.24. The van der Waals surface area contributed by atoms with Crippen molar-refractivity contribution >= 4 is 27.9 Å². The van der Waals surface area contributed by atoms with Crippen LogP contribution in [-0.2, 0) is 10.0 Å². The lowest BCUT2D eigenvalue weighted by atomic mass is 10.1. The van der Waals surface area contributed by atoms with Crippen LogP contribution in [0.1, 0.15) is 11.1 Å². The van der Waals surface area contributed by atoms with Crippen LogP contribution in [0.3, 0.4) is 0 Å². The summed E-state index contributed by atoms with van der Waals surface area (Å²) in [6.45, 7) is 3.99. The van der Waals surface area contributed by atoms with Crippen LogP contribution in [0.5, 0.6) is 0 Å². The summed E-state index contributed by atoms with van der Waals surface area (Å²) in [4.78, 5) is 6.00. The van der Waals surface area contributed by atoms with Crippen LogP contribution in [0.25, 0.3) is 0 Å². The highest BCUT2D eigenvalue weighted by Crippen LogP contribution is 2.33. The number of rotatable bonds is 1. The van der Waals surface area contributed by atoms with Crippen molar-refractivity contribution < 1.29 is 8.42 Å². The molecule has 0 bridgehead atoms. The van der Waals surface area contributed by atoms with Crippen molar-refractivity contribution in [3.05, 3.63) is 47.7 Å². The van der Waals surface area contributed by atoms with Gasteiger partial charge in [-0.1, -0.05) is 6.07 Å². The van der Waals surface area contributed by atoms with Crippen LogP contribution < -0.4 is 4.90 Å². The number of hydrogen-bond acceptors (Lipinski definition) is 4. The average molecular weight is 287 g/mol. The van der Waals surface area contributed by atoms with Gasteiger partial charge in [-0.3, -0.25) is 4.90 Å². The van der Waals surface area contributed by atoms with Crippen molar-refractivity contribution in [2.45, 2.75) is 18.7 Å². The molecule has 2 aromatic rings. The topological polar surface area (TPSA) is 62.6 Å². The summed E-state index contributed by atoms with van der Waals surface area (Å²) in [5.41, 5.74) is 3.04. The smallest absolute Gasteiger partial charge is 0.283 e. The maximum absolute atomic E-state index is 11.9. The Morgan fingerprint density at radius 3 is 2.50 bits per heavy atom. The number of nitrogens with zero attached hydrogens (tertiary/aromatic N) is 3. The highest BCUT2D eigenvalue weighted by atomic mass is 32.2. The third-order valence-electron chi connectivity index (χ3n) is 3.04. The highest BCUT2D eigenvalue weighted by Gasteiger charge is 2.27. The van der Waals surface area contributed by atoms with E-state index in [1.54, 1.807) is 17.2 Å². The highest BCUT2D eigenvalue weighted by molar-refractivity contribution is 7.90. The summed E-state index contributed by atoms with van der Waals surface area (Å²) in [6, 6.07) is 9.10. The average Bonchev–Trinajstić information content (AvgIpc) is 2.38. The number of fused-ring (bicyclic) bond motifs is 1. The quantitative estimate of drug-likeness (QED) is 0.808. The Morgan fingerprint density at radius 1 is 1.10 bits per heavy atom. The van der Waals surface area contributed by atoms with Crippen LogP contribution in [0.4, 0.5) is 11.5 Å². The van der Waals surface area contributed by atoms with E-state index < -0.39 is 10.0 Å². The molecule has 6 heteroatoms. The molecule has 5 nitrogen and oxygen atoms in total. The Hall–Kier alpha value is -2.21. The van der Waals surface area contributed by atoms with Crippen molar-refractivity contribution in [3.8, 4) is 0 Å². The first-order valence-electron chi connectivity index (χ1n) is 6.10. The van der Waals surface area contributed by atoms with E-state index in [0.717, 1.165) is 16.8 Å². The fourth-order valence-electron chi connectivity index (χ4n) is 2.26. The number of sulfonamides is 1. The first-order valence-corrected chi connectivity index (χ1v) is 7.54. The summed E-state index contributed by atoms with van der Waals surface area (Å²) in [5, 5.41) is 0. The van der Waals surface area contributed by atoms with E-state index >= 15 is 0 Å². The fourth-order valence-corrected chi connectivity index (χ4v) is 3.23. The Kier molecular flexibility index (Phi) is 2.83. The van der Waals surface area contributed by atoms with Crippen LogP contribution in [0.2, 0.25) is 0 Å². The second-order valence-corrected chi connectivity index (χ2v) is 6.34. The molecule has 1 aliphatic heterocycles. The van der Waals surface area contributed by atoms with E-state index in [9.17, 15) is 8.42 Å². The summed E-state index contributed by atoms with van der Waals surface area (Å²) < 4.78 is 27.5. The van der Waals surface area contributed by atoms with E-state index in [0.29, 0.717) is 5.82 Å². The van der Waals surface area contributed by atoms with Gasteiger partial charge >= 0.3 is 0 Å².